The van der Waals surface area contributed by atoms with Gasteiger partial charge in [0.15, 0.2) is 12.0 Å². The quantitative estimate of drug-likeness (QED) is 0.732. The van der Waals surface area contributed by atoms with Crippen LogP contribution in [0.15, 0.2) is 35.1 Å². The molecule has 1 aromatic carbocycles. The molecule has 0 aliphatic carbocycles. The summed E-state index contributed by atoms with van der Waals surface area (Å²) < 4.78 is 5.01. The summed E-state index contributed by atoms with van der Waals surface area (Å²) in [5, 5.41) is 0. The van der Waals surface area contributed by atoms with Crippen molar-refractivity contribution in [3.8, 4) is 0 Å². The predicted octanol–water partition coefficient (Wildman–Crippen LogP) is 1.45. The van der Waals surface area contributed by atoms with Crippen LogP contribution in [0.2, 0.25) is 0 Å². The van der Waals surface area contributed by atoms with Gasteiger partial charge in [-0.25, -0.2) is 4.98 Å². The van der Waals surface area contributed by atoms with Crippen LogP contribution in [0.25, 0.3) is 11.1 Å². The molecule has 0 aliphatic heterocycles. The van der Waals surface area contributed by atoms with Crippen LogP contribution in [0.3, 0.4) is 0 Å². The molecule has 1 heterocycles. The van der Waals surface area contributed by atoms with E-state index in [0.29, 0.717) is 0 Å². The van der Waals surface area contributed by atoms with Gasteiger partial charge in [-0.05, 0) is 12.1 Å². The van der Waals surface area contributed by atoms with E-state index in [1.54, 1.807) is 0 Å². The number of hydrogen-bond donors (Lipinski definition) is 0. The average Bonchev–Trinajstić information content (AvgIpc) is 2.33. The van der Waals surface area contributed by atoms with Crippen molar-refractivity contribution in [3.63, 3.8) is 0 Å². The molecule has 0 unspecified atom stereocenters. The van der Waals surface area contributed by atoms with Crippen LogP contribution >= 0.6 is 0 Å². The third-order valence-corrected chi connectivity index (χ3v) is 1.24. The molecule has 2 aromatic rings. The molecule has 0 saturated heterocycles. The van der Waals surface area contributed by atoms with Crippen molar-refractivity contribution in [3.05, 3.63) is 30.7 Å². The molecule has 1 aromatic heterocycles. The second kappa shape index (κ2) is 3.12. The van der Waals surface area contributed by atoms with E-state index < -0.39 is 0 Å². The molecule has 3 heteroatoms. The van der Waals surface area contributed by atoms with Crippen molar-refractivity contribution in [1.29, 1.82) is 0 Å². The second-order valence-corrected chi connectivity index (χ2v) is 1.82. The van der Waals surface area contributed by atoms with Crippen molar-refractivity contribution in [2.75, 3.05) is 0 Å². The van der Waals surface area contributed by atoms with E-state index >= 15 is 0 Å². The van der Waals surface area contributed by atoms with Crippen LogP contribution in [0, 0.1) is 0 Å². The SMILES string of the molecule is [Po].c1ccc2ocnc2c1. The summed E-state index contributed by atoms with van der Waals surface area (Å²) in [6, 6.07) is 7.67. The minimum Gasteiger partial charge on any atom is -0.443 e. The molecular weight excluding hydrogens is 323 g/mol. The third-order valence-electron chi connectivity index (χ3n) is 1.24. The van der Waals surface area contributed by atoms with Gasteiger partial charge >= 0.3 is 0 Å². The molecule has 2 radical (unpaired) electrons. The second-order valence-electron chi connectivity index (χ2n) is 1.82. The van der Waals surface area contributed by atoms with Crippen molar-refractivity contribution in [1.82, 2.24) is 4.98 Å². The monoisotopic (exact) mass is 328 g/mol. The van der Waals surface area contributed by atoms with Gasteiger partial charge in [0.05, 0.1) is 0 Å². The van der Waals surface area contributed by atoms with Gasteiger partial charge in [-0.15, -0.1) is 0 Å². The minimum absolute atomic E-state index is 0. The largest absolute Gasteiger partial charge is 0.443 e. The van der Waals surface area contributed by atoms with Crippen molar-refractivity contribution in [2.24, 2.45) is 0 Å². The van der Waals surface area contributed by atoms with Crippen LogP contribution in [-0.4, -0.2) is 31.6 Å². The van der Waals surface area contributed by atoms with Crippen LogP contribution in [0.4, 0.5) is 0 Å². The van der Waals surface area contributed by atoms with E-state index in [-0.39, 0.29) is 26.6 Å². The zero-order chi connectivity index (χ0) is 6.10. The Morgan fingerprint density at radius 3 is 2.80 bits per heavy atom. The Hall–Kier alpha value is -0.414. The molecule has 0 saturated carbocycles. The molecule has 10 heavy (non-hydrogen) atoms. The van der Waals surface area contributed by atoms with Gasteiger partial charge in [0, 0.05) is 26.6 Å². The van der Waals surface area contributed by atoms with E-state index in [0.717, 1.165) is 11.1 Å². The maximum atomic E-state index is 5.01. The summed E-state index contributed by atoms with van der Waals surface area (Å²) in [4.78, 5) is 3.95. The molecule has 0 N–H and O–H groups in total. The number of hydrogen-bond acceptors (Lipinski definition) is 2. The molecule has 0 atom stereocenters. The maximum Gasteiger partial charge on any atom is 0.181 e. The molecule has 50 valence electrons. The Labute approximate surface area is 77.7 Å². The first-order valence-corrected chi connectivity index (χ1v) is 2.75. The fourth-order valence-electron chi connectivity index (χ4n) is 0.803. The Morgan fingerprint density at radius 1 is 1.20 bits per heavy atom. The van der Waals surface area contributed by atoms with Crippen LogP contribution in [0.1, 0.15) is 0 Å². The van der Waals surface area contributed by atoms with Crippen molar-refractivity contribution < 1.29 is 4.42 Å². The van der Waals surface area contributed by atoms with Gasteiger partial charge in [0.25, 0.3) is 0 Å². The number of benzene rings is 1. The standard InChI is InChI=1S/C7H5NO.Po/c1-2-4-7-6(3-1)8-5-9-7;/h1-5H;. The van der Waals surface area contributed by atoms with Gasteiger partial charge in [0.2, 0.25) is 0 Å². The van der Waals surface area contributed by atoms with Crippen LogP contribution < -0.4 is 0 Å². The number of oxazole rings is 1. The summed E-state index contributed by atoms with van der Waals surface area (Å²) in [5.74, 6) is 0. The molecule has 0 amide bonds. The Kier molecular flexibility index (Phi) is 2.40. The molecule has 2 rings (SSSR count). The molecule has 2 nitrogen and oxygen atoms in total. The summed E-state index contributed by atoms with van der Waals surface area (Å²) in [6.07, 6.45) is 1.45. The number of fused-ring (bicyclic) bond motifs is 1. The van der Waals surface area contributed by atoms with E-state index in [2.05, 4.69) is 4.98 Å². The molecule has 0 fully saturated rings. The smallest absolute Gasteiger partial charge is 0.181 e. The first-order chi connectivity index (χ1) is 4.47. The zero-order valence-electron chi connectivity index (χ0n) is 5.15. The van der Waals surface area contributed by atoms with Gasteiger partial charge < -0.3 is 4.42 Å². The number of para-hydroxylation sites is 2. The van der Waals surface area contributed by atoms with E-state index in [9.17, 15) is 0 Å². The first-order valence-electron chi connectivity index (χ1n) is 2.75. The normalized spacial score (nSPS) is 9.20. The van der Waals surface area contributed by atoms with E-state index in [1.165, 1.54) is 6.39 Å². The Balaban J connectivity index is 0.000000500. The third kappa shape index (κ3) is 1.20. The summed E-state index contributed by atoms with van der Waals surface area (Å²) in [7, 11) is 0. The van der Waals surface area contributed by atoms with Gasteiger partial charge in [0.1, 0.15) is 5.52 Å². The van der Waals surface area contributed by atoms with E-state index in [1.807, 2.05) is 24.3 Å². The average molecular weight is 328 g/mol. The van der Waals surface area contributed by atoms with Gasteiger partial charge in [-0.1, -0.05) is 12.1 Å². The summed E-state index contributed by atoms with van der Waals surface area (Å²) in [5.41, 5.74) is 1.76. The van der Waals surface area contributed by atoms with Gasteiger partial charge in [-0.3, -0.25) is 0 Å². The predicted molar refractivity (Wildman–Crippen MR) is 39.8 cm³/mol. The summed E-state index contributed by atoms with van der Waals surface area (Å²) >= 11 is 0. The van der Waals surface area contributed by atoms with Crippen molar-refractivity contribution >= 4 is 37.7 Å². The number of aromatic nitrogens is 1. The number of rotatable bonds is 0. The molecule has 0 aliphatic rings. The fraction of sp³-hybridized carbons (Fsp3) is 0. The summed E-state index contributed by atoms with van der Waals surface area (Å²) in [6.45, 7) is 0. The Morgan fingerprint density at radius 2 is 2.00 bits per heavy atom. The van der Waals surface area contributed by atoms with Crippen LogP contribution in [-0.2, 0) is 0 Å². The van der Waals surface area contributed by atoms with E-state index in [4.69, 9.17) is 4.42 Å². The fourth-order valence-corrected chi connectivity index (χ4v) is 0.803. The number of nitrogens with zero attached hydrogens (tertiary/aromatic N) is 1. The molecular formula is C7H5NOPo. The topological polar surface area (TPSA) is 26.0 Å². The zero-order valence-corrected chi connectivity index (χ0v) is 8.32. The van der Waals surface area contributed by atoms with Crippen molar-refractivity contribution in [2.45, 2.75) is 0 Å². The molecule has 0 bridgehead atoms. The Bertz CT molecular complexity index is 288. The minimum atomic E-state index is 0. The van der Waals surface area contributed by atoms with Crippen LogP contribution in [0.5, 0.6) is 0 Å². The first kappa shape index (κ1) is 7.69. The maximum absolute atomic E-state index is 5.01. The van der Waals surface area contributed by atoms with Gasteiger partial charge in [-0.2, -0.15) is 0 Å². The molecule has 0 spiro atoms.